The lowest BCUT2D eigenvalue weighted by Gasteiger charge is -2.25. The largest absolute Gasteiger partial charge is 0.311 e. The molecule has 0 bridgehead atoms. The van der Waals surface area contributed by atoms with Gasteiger partial charge in [-0.15, -0.1) is 0 Å². The number of nitrogens with zero attached hydrogens (tertiary/aromatic N) is 2. The fraction of sp³-hybridized carbons (Fsp3) is 0.0909. The maximum Gasteiger partial charge on any atom is 0.269 e. The SMILES string of the molecule is CC1(C)c2cc(-c3ccc(N(c4ccccc4)c4ccccc4)cc3)ccc2-c2ccc([N+](=O)[O-])cc21. The molecule has 37 heavy (non-hydrogen) atoms. The van der Waals surface area contributed by atoms with Crippen LogP contribution in [0.4, 0.5) is 22.7 Å². The van der Waals surface area contributed by atoms with Crippen molar-refractivity contribution in [3.63, 3.8) is 0 Å². The smallest absolute Gasteiger partial charge is 0.269 e. The molecule has 0 aromatic heterocycles. The zero-order valence-corrected chi connectivity index (χ0v) is 20.8. The van der Waals surface area contributed by atoms with Gasteiger partial charge in [-0.2, -0.15) is 0 Å². The summed E-state index contributed by atoms with van der Waals surface area (Å²) in [4.78, 5) is 13.3. The lowest BCUT2D eigenvalue weighted by atomic mass is 9.81. The molecule has 4 heteroatoms. The minimum atomic E-state index is -0.319. The first kappa shape index (κ1) is 22.7. The lowest BCUT2D eigenvalue weighted by Crippen LogP contribution is -2.15. The highest BCUT2D eigenvalue weighted by Crippen LogP contribution is 2.50. The van der Waals surface area contributed by atoms with Crippen molar-refractivity contribution in [2.24, 2.45) is 0 Å². The molecule has 6 rings (SSSR count). The Hall–Kier alpha value is -4.70. The van der Waals surface area contributed by atoms with Gasteiger partial charge in [0.1, 0.15) is 0 Å². The van der Waals surface area contributed by atoms with Crippen LogP contribution in [-0.2, 0) is 5.41 Å². The molecule has 1 aliphatic carbocycles. The maximum absolute atomic E-state index is 11.4. The second-order valence-corrected chi connectivity index (χ2v) is 9.93. The van der Waals surface area contributed by atoms with Crippen molar-refractivity contribution in [1.82, 2.24) is 0 Å². The summed E-state index contributed by atoms with van der Waals surface area (Å²) < 4.78 is 0. The summed E-state index contributed by atoms with van der Waals surface area (Å²) >= 11 is 0. The van der Waals surface area contributed by atoms with Crippen molar-refractivity contribution >= 4 is 22.7 Å². The van der Waals surface area contributed by atoms with Gasteiger partial charge in [0.2, 0.25) is 0 Å². The fourth-order valence-electron chi connectivity index (χ4n) is 5.42. The summed E-state index contributed by atoms with van der Waals surface area (Å²) in [6.07, 6.45) is 0. The van der Waals surface area contributed by atoms with Gasteiger partial charge < -0.3 is 4.90 Å². The second kappa shape index (κ2) is 8.75. The predicted octanol–water partition coefficient (Wildman–Crippen LogP) is 9.04. The molecule has 0 saturated heterocycles. The van der Waals surface area contributed by atoms with Crippen LogP contribution >= 0.6 is 0 Å². The van der Waals surface area contributed by atoms with E-state index in [-0.39, 0.29) is 16.0 Å². The van der Waals surface area contributed by atoms with Crippen LogP contribution in [-0.4, -0.2) is 4.92 Å². The number of non-ortho nitro benzene ring substituents is 1. The highest BCUT2D eigenvalue weighted by atomic mass is 16.6. The van der Waals surface area contributed by atoms with E-state index in [9.17, 15) is 10.1 Å². The van der Waals surface area contributed by atoms with Crippen molar-refractivity contribution in [3.8, 4) is 22.3 Å². The van der Waals surface area contributed by atoms with Crippen molar-refractivity contribution < 1.29 is 4.92 Å². The molecule has 1 aliphatic rings. The minimum Gasteiger partial charge on any atom is -0.311 e. The summed E-state index contributed by atoms with van der Waals surface area (Å²) in [5.74, 6) is 0. The Morgan fingerprint density at radius 2 is 1.08 bits per heavy atom. The van der Waals surface area contributed by atoms with Crippen LogP contribution in [0.5, 0.6) is 0 Å². The van der Waals surface area contributed by atoms with Crippen LogP contribution in [0, 0.1) is 10.1 Å². The van der Waals surface area contributed by atoms with E-state index >= 15 is 0 Å². The molecule has 5 aromatic carbocycles. The van der Waals surface area contributed by atoms with Crippen LogP contribution in [0.3, 0.4) is 0 Å². The van der Waals surface area contributed by atoms with Gasteiger partial charge >= 0.3 is 0 Å². The van der Waals surface area contributed by atoms with E-state index in [0.29, 0.717) is 0 Å². The first-order chi connectivity index (χ1) is 17.9. The predicted molar refractivity (Wildman–Crippen MR) is 151 cm³/mol. The molecule has 0 unspecified atom stereocenters. The van der Waals surface area contributed by atoms with Gasteiger partial charge in [0, 0.05) is 34.6 Å². The molecule has 0 fully saturated rings. The Kier molecular flexibility index (Phi) is 5.38. The normalized spacial score (nSPS) is 13.0. The first-order valence-electron chi connectivity index (χ1n) is 12.4. The van der Waals surface area contributed by atoms with Gasteiger partial charge in [-0.05, 0) is 81.9 Å². The lowest BCUT2D eigenvalue weighted by molar-refractivity contribution is -0.384. The Morgan fingerprint density at radius 1 is 0.595 bits per heavy atom. The third-order valence-corrected chi connectivity index (χ3v) is 7.36. The molecule has 0 atom stereocenters. The second-order valence-electron chi connectivity index (χ2n) is 9.93. The van der Waals surface area contributed by atoms with Gasteiger partial charge in [-0.1, -0.05) is 74.5 Å². The van der Waals surface area contributed by atoms with Crippen LogP contribution in [0.25, 0.3) is 22.3 Å². The van der Waals surface area contributed by atoms with Crippen LogP contribution < -0.4 is 4.90 Å². The summed E-state index contributed by atoms with van der Waals surface area (Å²) in [6, 6.07) is 41.1. The van der Waals surface area contributed by atoms with E-state index in [2.05, 4.69) is 110 Å². The highest BCUT2D eigenvalue weighted by Gasteiger charge is 2.36. The number of nitro groups is 1. The summed E-state index contributed by atoms with van der Waals surface area (Å²) in [6.45, 7) is 4.29. The summed E-state index contributed by atoms with van der Waals surface area (Å²) in [7, 11) is 0. The van der Waals surface area contributed by atoms with Crippen molar-refractivity contribution in [3.05, 3.63) is 143 Å². The number of nitro benzene ring substituents is 1. The molecular weight excluding hydrogens is 456 g/mol. The van der Waals surface area contributed by atoms with Crippen molar-refractivity contribution in [2.75, 3.05) is 4.90 Å². The van der Waals surface area contributed by atoms with Crippen LogP contribution in [0.2, 0.25) is 0 Å². The molecular formula is C33H26N2O2. The number of para-hydroxylation sites is 2. The molecule has 0 saturated carbocycles. The Bertz CT molecular complexity index is 1570. The standard InChI is InChI=1S/C33H26N2O2/c1-33(2)31-21-24(15-19-29(31)30-20-18-28(35(36)37)22-32(30)33)23-13-16-27(17-14-23)34(25-9-5-3-6-10-25)26-11-7-4-8-12-26/h3-22H,1-2H3. The van der Waals surface area contributed by atoms with Crippen molar-refractivity contribution in [2.45, 2.75) is 19.3 Å². The van der Waals surface area contributed by atoms with Crippen molar-refractivity contribution in [1.29, 1.82) is 0 Å². The molecule has 180 valence electrons. The van der Waals surface area contributed by atoms with E-state index in [1.165, 1.54) is 5.56 Å². The Morgan fingerprint density at radius 3 is 1.65 bits per heavy atom. The van der Waals surface area contributed by atoms with E-state index in [0.717, 1.165) is 44.9 Å². The Balaban J connectivity index is 1.37. The van der Waals surface area contributed by atoms with Crippen LogP contribution in [0.1, 0.15) is 25.0 Å². The molecule has 5 aromatic rings. The molecule has 0 amide bonds. The molecule has 0 heterocycles. The van der Waals surface area contributed by atoms with Crippen LogP contribution in [0.15, 0.2) is 121 Å². The van der Waals surface area contributed by atoms with Gasteiger partial charge in [0.05, 0.1) is 4.92 Å². The number of hydrogen-bond donors (Lipinski definition) is 0. The summed E-state index contributed by atoms with van der Waals surface area (Å²) in [5, 5.41) is 11.4. The maximum atomic E-state index is 11.4. The molecule has 0 aliphatic heterocycles. The first-order valence-corrected chi connectivity index (χ1v) is 12.4. The molecule has 0 N–H and O–H groups in total. The van der Waals surface area contributed by atoms with E-state index in [1.54, 1.807) is 12.1 Å². The Labute approximate surface area is 216 Å². The third-order valence-electron chi connectivity index (χ3n) is 7.36. The number of hydrogen-bond acceptors (Lipinski definition) is 3. The fourth-order valence-corrected chi connectivity index (χ4v) is 5.42. The van der Waals surface area contributed by atoms with Gasteiger partial charge in [0.25, 0.3) is 5.69 Å². The van der Waals surface area contributed by atoms with E-state index < -0.39 is 0 Å². The van der Waals surface area contributed by atoms with Gasteiger partial charge in [-0.3, -0.25) is 10.1 Å². The minimum absolute atomic E-state index is 0.136. The zero-order valence-electron chi connectivity index (χ0n) is 20.8. The average molecular weight is 483 g/mol. The quantitative estimate of drug-likeness (QED) is 0.185. The van der Waals surface area contributed by atoms with Gasteiger partial charge in [0.15, 0.2) is 0 Å². The zero-order chi connectivity index (χ0) is 25.6. The number of anilines is 3. The van der Waals surface area contributed by atoms with Gasteiger partial charge in [-0.25, -0.2) is 0 Å². The number of fused-ring (bicyclic) bond motifs is 3. The average Bonchev–Trinajstić information content (AvgIpc) is 3.16. The molecule has 0 radical (unpaired) electrons. The summed E-state index contributed by atoms with van der Waals surface area (Å²) in [5.41, 5.74) is 9.80. The highest BCUT2D eigenvalue weighted by molar-refractivity contribution is 5.85. The number of rotatable bonds is 5. The number of benzene rings is 5. The topological polar surface area (TPSA) is 46.4 Å². The molecule has 0 spiro atoms. The third kappa shape index (κ3) is 3.87. The molecule has 4 nitrogen and oxygen atoms in total. The van der Waals surface area contributed by atoms with E-state index in [4.69, 9.17) is 0 Å². The monoisotopic (exact) mass is 482 g/mol. The van der Waals surface area contributed by atoms with E-state index in [1.807, 2.05) is 18.2 Å².